The number of halogens is 3. The third kappa shape index (κ3) is 5.69. The lowest BCUT2D eigenvalue weighted by atomic mass is 9.75. The predicted molar refractivity (Wildman–Crippen MR) is 72.2 cm³/mol. The van der Waals surface area contributed by atoms with Crippen molar-refractivity contribution in [3.8, 4) is 0 Å². The van der Waals surface area contributed by atoms with Crippen LogP contribution in [0.15, 0.2) is 0 Å². The number of nitrogens with zero attached hydrogens (tertiary/aromatic N) is 1. The molecule has 0 saturated heterocycles. The molecule has 2 nitrogen and oxygen atoms in total. The zero-order chi connectivity index (χ0) is 14.5. The second-order valence-corrected chi connectivity index (χ2v) is 6.22. The minimum Gasteiger partial charge on any atom is -0.315 e. The molecule has 2 unspecified atom stereocenters. The molecule has 0 radical (unpaired) electrons. The normalized spacial score (nSPS) is 28.9. The van der Waals surface area contributed by atoms with Gasteiger partial charge < -0.3 is 10.2 Å². The minimum atomic E-state index is -4.03. The minimum absolute atomic E-state index is 0.121. The quantitative estimate of drug-likeness (QED) is 0.750. The fourth-order valence-corrected chi connectivity index (χ4v) is 3.09. The Morgan fingerprint density at radius 2 is 2.00 bits per heavy atom. The van der Waals surface area contributed by atoms with E-state index >= 15 is 0 Å². The van der Waals surface area contributed by atoms with Crippen LogP contribution in [0.3, 0.4) is 0 Å². The predicted octanol–water partition coefficient (Wildman–Crippen LogP) is 3.43. The van der Waals surface area contributed by atoms with Crippen molar-refractivity contribution in [1.29, 1.82) is 0 Å². The van der Waals surface area contributed by atoms with Gasteiger partial charge in [0.15, 0.2) is 0 Å². The molecular formula is C14H27F3N2. The lowest BCUT2D eigenvalue weighted by Crippen LogP contribution is -2.54. The van der Waals surface area contributed by atoms with Crippen LogP contribution in [0, 0.1) is 5.92 Å². The molecule has 1 fully saturated rings. The van der Waals surface area contributed by atoms with Crippen molar-refractivity contribution in [2.24, 2.45) is 5.92 Å². The van der Waals surface area contributed by atoms with Gasteiger partial charge in [-0.05, 0) is 45.8 Å². The van der Waals surface area contributed by atoms with E-state index in [4.69, 9.17) is 0 Å². The average Bonchev–Trinajstić information content (AvgIpc) is 2.26. The maximum Gasteiger partial charge on any atom is 0.389 e. The summed E-state index contributed by atoms with van der Waals surface area (Å²) in [5.41, 5.74) is 0.121. The zero-order valence-corrected chi connectivity index (χ0v) is 12.3. The SMILES string of the molecule is CC1CCCC(CNCCCC(F)(F)F)(N(C)C)C1. The molecule has 1 saturated carbocycles. The maximum absolute atomic E-state index is 12.1. The first kappa shape index (κ1) is 16.8. The summed E-state index contributed by atoms with van der Waals surface area (Å²) < 4.78 is 36.2. The Labute approximate surface area is 114 Å². The first-order chi connectivity index (χ1) is 8.75. The van der Waals surface area contributed by atoms with Crippen LogP contribution < -0.4 is 5.32 Å². The second-order valence-electron chi connectivity index (χ2n) is 6.22. The first-order valence-electron chi connectivity index (χ1n) is 7.20. The average molecular weight is 280 g/mol. The van der Waals surface area contributed by atoms with E-state index in [1.165, 1.54) is 12.8 Å². The van der Waals surface area contributed by atoms with Crippen LogP contribution in [0.4, 0.5) is 13.2 Å². The van der Waals surface area contributed by atoms with Gasteiger partial charge in [0.25, 0.3) is 0 Å². The van der Waals surface area contributed by atoms with Gasteiger partial charge in [0.05, 0.1) is 0 Å². The van der Waals surface area contributed by atoms with Crippen LogP contribution in [0.2, 0.25) is 0 Å². The molecule has 0 heterocycles. The highest BCUT2D eigenvalue weighted by Gasteiger charge is 2.36. The molecule has 0 spiro atoms. The van der Waals surface area contributed by atoms with Gasteiger partial charge in [-0.3, -0.25) is 0 Å². The van der Waals surface area contributed by atoms with Crippen LogP contribution in [-0.2, 0) is 0 Å². The Hall–Kier alpha value is -0.290. The molecule has 0 aromatic heterocycles. The Kier molecular flexibility index (Phi) is 6.12. The van der Waals surface area contributed by atoms with Gasteiger partial charge in [0, 0.05) is 18.5 Å². The lowest BCUT2D eigenvalue weighted by Gasteiger charge is -2.45. The lowest BCUT2D eigenvalue weighted by molar-refractivity contribution is -0.135. The van der Waals surface area contributed by atoms with Gasteiger partial charge in [-0.2, -0.15) is 13.2 Å². The fraction of sp³-hybridized carbons (Fsp3) is 1.00. The number of nitrogens with one attached hydrogen (secondary N) is 1. The van der Waals surface area contributed by atoms with E-state index in [0.29, 0.717) is 12.5 Å². The summed E-state index contributed by atoms with van der Waals surface area (Å²) in [5.74, 6) is 0.702. The van der Waals surface area contributed by atoms with Crippen molar-refractivity contribution in [2.75, 3.05) is 27.2 Å². The van der Waals surface area contributed by atoms with E-state index in [-0.39, 0.29) is 12.0 Å². The number of rotatable bonds is 6. The summed E-state index contributed by atoms with van der Waals surface area (Å²) >= 11 is 0. The molecule has 0 aromatic carbocycles. The number of alkyl halides is 3. The Balaban J connectivity index is 2.34. The van der Waals surface area contributed by atoms with Crippen molar-refractivity contribution in [1.82, 2.24) is 10.2 Å². The summed E-state index contributed by atoms with van der Waals surface area (Å²) in [6.45, 7) is 3.51. The van der Waals surface area contributed by atoms with Crippen molar-refractivity contribution in [3.05, 3.63) is 0 Å². The van der Waals surface area contributed by atoms with E-state index in [1.807, 2.05) is 0 Å². The van der Waals surface area contributed by atoms with Gasteiger partial charge in [0.1, 0.15) is 0 Å². The monoisotopic (exact) mass is 280 g/mol. The van der Waals surface area contributed by atoms with Crippen molar-refractivity contribution in [3.63, 3.8) is 0 Å². The molecular weight excluding hydrogens is 253 g/mol. The van der Waals surface area contributed by atoms with Crippen molar-refractivity contribution in [2.45, 2.75) is 57.2 Å². The molecule has 0 amide bonds. The summed E-state index contributed by atoms with van der Waals surface area (Å²) in [7, 11) is 4.16. The van der Waals surface area contributed by atoms with Gasteiger partial charge in [-0.25, -0.2) is 0 Å². The maximum atomic E-state index is 12.1. The van der Waals surface area contributed by atoms with E-state index in [2.05, 4.69) is 31.2 Å². The van der Waals surface area contributed by atoms with Crippen LogP contribution in [0.1, 0.15) is 45.4 Å². The molecule has 1 N–H and O–H groups in total. The summed E-state index contributed by atoms with van der Waals surface area (Å²) in [5, 5.41) is 3.23. The smallest absolute Gasteiger partial charge is 0.315 e. The van der Waals surface area contributed by atoms with Crippen LogP contribution in [0.5, 0.6) is 0 Å². The highest BCUT2D eigenvalue weighted by atomic mass is 19.4. The second kappa shape index (κ2) is 6.93. The van der Waals surface area contributed by atoms with Gasteiger partial charge >= 0.3 is 6.18 Å². The summed E-state index contributed by atoms with van der Waals surface area (Å²) in [4.78, 5) is 2.25. The molecule has 1 rings (SSSR count). The largest absolute Gasteiger partial charge is 0.389 e. The molecule has 5 heteroatoms. The highest BCUT2D eigenvalue weighted by molar-refractivity contribution is 4.94. The Bertz CT molecular complexity index is 266. The molecule has 0 aliphatic heterocycles. The van der Waals surface area contributed by atoms with E-state index in [9.17, 15) is 13.2 Å². The summed E-state index contributed by atoms with van der Waals surface area (Å²) in [6, 6.07) is 0. The molecule has 2 atom stereocenters. The standard InChI is InChI=1S/C14H27F3N2/c1-12-6-4-7-13(10-12,19(2)3)11-18-9-5-8-14(15,16)17/h12,18H,4-11H2,1-3H3. The highest BCUT2D eigenvalue weighted by Crippen LogP contribution is 2.35. The summed E-state index contributed by atoms with van der Waals surface area (Å²) in [6.07, 6.45) is 0.199. The van der Waals surface area contributed by atoms with Gasteiger partial charge in [-0.15, -0.1) is 0 Å². The molecule has 1 aliphatic rings. The molecule has 114 valence electrons. The fourth-order valence-electron chi connectivity index (χ4n) is 3.09. The first-order valence-corrected chi connectivity index (χ1v) is 7.20. The van der Waals surface area contributed by atoms with E-state index < -0.39 is 12.6 Å². The van der Waals surface area contributed by atoms with E-state index in [0.717, 1.165) is 19.4 Å². The number of hydrogen-bond acceptors (Lipinski definition) is 2. The Morgan fingerprint density at radius 3 is 2.53 bits per heavy atom. The number of likely N-dealkylation sites (N-methyl/N-ethyl adjacent to an activating group) is 1. The topological polar surface area (TPSA) is 15.3 Å². The molecule has 0 aromatic rings. The molecule has 19 heavy (non-hydrogen) atoms. The molecule has 1 aliphatic carbocycles. The van der Waals surface area contributed by atoms with Crippen LogP contribution in [0.25, 0.3) is 0 Å². The Morgan fingerprint density at radius 1 is 1.32 bits per heavy atom. The number of hydrogen-bond donors (Lipinski definition) is 1. The van der Waals surface area contributed by atoms with Gasteiger partial charge in [-0.1, -0.05) is 19.8 Å². The zero-order valence-electron chi connectivity index (χ0n) is 12.3. The van der Waals surface area contributed by atoms with Crippen molar-refractivity contribution < 1.29 is 13.2 Å². The van der Waals surface area contributed by atoms with Crippen molar-refractivity contribution >= 4 is 0 Å². The van der Waals surface area contributed by atoms with Gasteiger partial charge in [0.2, 0.25) is 0 Å². The van der Waals surface area contributed by atoms with Crippen LogP contribution >= 0.6 is 0 Å². The molecule has 0 bridgehead atoms. The van der Waals surface area contributed by atoms with Crippen LogP contribution in [-0.4, -0.2) is 43.8 Å². The van der Waals surface area contributed by atoms with E-state index in [1.54, 1.807) is 0 Å². The third-order valence-corrected chi connectivity index (χ3v) is 4.28. The third-order valence-electron chi connectivity index (χ3n) is 4.28.